The van der Waals surface area contributed by atoms with Gasteiger partial charge < -0.3 is 14.2 Å². The van der Waals surface area contributed by atoms with Crippen LogP contribution in [0.1, 0.15) is 303 Å². The van der Waals surface area contributed by atoms with Crippen LogP contribution in [0.5, 0.6) is 0 Å². The summed E-state index contributed by atoms with van der Waals surface area (Å²) in [6, 6.07) is 0. The molecule has 0 spiro atoms. The van der Waals surface area contributed by atoms with Gasteiger partial charge in [-0.05, 0) is 44.9 Å². The monoisotopic (exact) mass is 861 g/mol. The van der Waals surface area contributed by atoms with Crippen LogP contribution in [-0.4, -0.2) is 37.2 Å². The Morgan fingerprint density at radius 1 is 0.311 bits per heavy atom. The smallest absolute Gasteiger partial charge is 0.306 e. The van der Waals surface area contributed by atoms with E-state index in [1.165, 1.54) is 199 Å². The van der Waals surface area contributed by atoms with E-state index in [0.717, 1.165) is 64.2 Å². The number of rotatable bonds is 50. The topological polar surface area (TPSA) is 78.9 Å². The largest absolute Gasteiger partial charge is 0.462 e. The van der Waals surface area contributed by atoms with Crippen molar-refractivity contribution >= 4 is 17.9 Å². The van der Waals surface area contributed by atoms with Gasteiger partial charge in [0, 0.05) is 19.3 Å². The molecule has 6 nitrogen and oxygen atoms in total. The van der Waals surface area contributed by atoms with E-state index < -0.39 is 6.10 Å². The molecule has 0 aromatic carbocycles. The fourth-order valence-electron chi connectivity index (χ4n) is 8.14. The molecule has 0 N–H and O–H groups in total. The summed E-state index contributed by atoms with van der Waals surface area (Å²) in [6.07, 6.45) is 56.2. The van der Waals surface area contributed by atoms with Gasteiger partial charge in [-0.2, -0.15) is 0 Å². The molecule has 0 amide bonds. The third kappa shape index (κ3) is 49.0. The summed E-state index contributed by atoms with van der Waals surface area (Å²) in [7, 11) is 0. The molecule has 0 aliphatic carbocycles. The molecule has 0 fully saturated rings. The van der Waals surface area contributed by atoms with Crippen LogP contribution in [0.4, 0.5) is 0 Å². The Balaban J connectivity index is 4.28. The molecule has 0 bridgehead atoms. The fourth-order valence-corrected chi connectivity index (χ4v) is 8.14. The van der Waals surface area contributed by atoms with Crippen LogP contribution >= 0.6 is 0 Å². The zero-order chi connectivity index (χ0) is 44.4. The van der Waals surface area contributed by atoms with Gasteiger partial charge in [0.1, 0.15) is 13.2 Å². The second kappa shape index (κ2) is 50.8. The highest BCUT2D eigenvalue weighted by molar-refractivity contribution is 5.71. The lowest BCUT2D eigenvalue weighted by Crippen LogP contribution is -2.30. The van der Waals surface area contributed by atoms with Crippen molar-refractivity contribution in [2.24, 2.45) is 0 Å². The molecule has 6 heteroatoms. The van der Waals surface area contributed by atoms with Crippen molar-refractivity contribution in [3.05, 3.63) is 12.2 Å². The van der Waals surface area contributed by atoms with Crippen molar-refractivity contribution in [2.45, 2.75) is 309 Å². The standard InChI is InChI=1S/C55H104O6/c1-4-7-10-13-16-19-22-25-26-27-28-29-31-33-36-39-42-45-48-54(57)60-51-52(50-59-53(56)47-44-41-38-35-32-24-21-18-15-12-9-6-3)61-55(58)49-46-43-40-37-34-30-23-20-17-14-11-8-5-2/h20,23,52H,4-19,21-22,24-51H2,1-3H3/b23-20-. The third-order valence-corrected chi connectivity index (χ3v) is 12.3. The molecule has 0 heterocycles. The maximum Gasteiger partial charge on any atom is 0.306 e. The Morgan fingerprint density at radius 3 is 0.836 bits per heavy atom. The Labute approximate surface area is 380 Å². The second-order valence-electron chi connectivity index (χ2n) is 18.5. The number of hydrogen-bond acceptors (Lipinski definition) is 6. The summed E-state index contributed by atoms with van der Waals surface area (Å²) in [5, 5.41) is 0. The van der Waals surface area contributed by atoms with Gasteiger partial charge in [0.25, 0.3) is 0 Å². The minimum Gasteiger partial charge on any atom is -0.462 e. The Hall–Kier alpha value is -1.85. The normalized spacial score (nSPS) is 12.0. The highest BCUT2D eigenvalue weighted by Crippen LogP contribution is 2.17. The quantitative estimate of drug-likeness (QED) is 0.0262. The summed E-state index contributed by atoms with van der Waals surface area (Å²) in [5.41, 5.74) is 0. The molecule has 0 aromatic heterocycles. The van der Waals surface area contributed by atoms with Gasteiger partial charge >= 0.3 is 17.9 Å². The zero-order valence-corrected chi connectivity index (χ0v) is 41.2. The van der Waals surface area contributed by atoms with Gasteiger partial charge in [-0.25, -0.2) is 0 Å². The minimum absolute atomic E-state index is 0.0678. The predicted octanol–water partition coefficient (Wildman–Crippen LogP) is 17.8. The van der Waals surface area contributed by atoms with Crippen LogP contribution in [0.2, 0.25) is 0 Å². The van der Waals surface area contributed by atoms with E-state index >= 15 is 0 Å². The molecule has 0 aromatic rings. The van der Waals surface area contributed by atoms with Crippen LogP contribution in [0.3, 0.4) is 0 Å². The van der Waals surface area contributed by atoms with Gasteiger partial charge in [0.2, 0.25) is 0 Å². The van der Waals surface area contributed by atoms with E-state index in [1.807, 2.05) is 0 Å². The van der Waals surface area contributed by atoms with Crippen molar-refractivity contribution in [3.63, 3.8) is 0 Å². The summed E-state index contributed by atoms with van der Waals surface area (Å²) in [4.78, 5) is 38.0. The van der Waals surface area contributed by atoms with Gasteiger partial charge in [0.15, 0.2) is 6.10 Å². The fraction of sp³-hybridized carbons (Fsp3) is 0.909. The molecule has 0 saturated carbocycles. The Bertz CT molecular complexity index is 947. The lowest BCUT2D eigenvalue weighted by molar-refractivity contribution is -0.167. The van der Waals surface area contributed by atoms with E-state index in [9.17, 15) is 14.4 Å². The zero-order valence-electron chi connectivity index (χ0n) is 41.2. The van der Waals surface area contributed by atoms with E-state index in [2.05, 4.69) is 32.9 Å². The van der Waals surface area contributed by atoms with E-state index in [-0.39, 0.29) is 31.1 Å². The molecule has 0 saturated heterocycles. The van der Waals surface area contributed by atoms with Crippen LogP contribution in [-0.2, 0) is 28.6 Å². The first-order chi connectivity index (χ1) is 30.0. The molecule has 61 heavy (non-hydrogen) atoms. The first kappa shape index (κ1) is 59.1. The summed E-state index contributed by atoms with van der Waals surface area (Å²) < 4.78 is 16.8. The highest BCUT2D eigenvalue weighted by atomic mass is 16.6. The predicted molar refractivity (Wildman–Crippen MR) is 261 cm³/mol. The first-order valence-electron chi connectivity index (χ1n) is 27.2. The number of ether oxygens (including phenoxy) is 3. The summed E-state index contributed by atoms with van der Waals surface area (Å²) in [5.74, 6) is -0.858. The second-order valence-corrected chi connectivity index (χ2v) is 18.5. The van der Waals surface area contributed by atoms with Crippen LogP contribution < -0.4 is 0 Å². The lowest BCUT2D eigenvalue weighted by atomic mass is 10.0. The van der Waals surface area contributed by atoms with Crippen LogP contribution in [0, 0.1) is 0 Å². The van der Waals surface area contributed by atoms with Gasteiger partial charge in [0.05, 0.1) is 0 Å². The molecule has 0 rings (SSSR count). The van der Waals surface area contributed by atoms with Gasteiger partial charge in [-0.3, -0.25) is 14.4 Å². The number of hydrogen-bond donors (Lipinski definition) is 0. The number of carbonyl (C=O) groups is 3. The minimum atomic E-state index is -0.767. The summed E-state index contributed by atoms with van der Waals surface area (Å²) in [6.45, 7) is 6.66. The molecule has 1 atom stereocenters. The third-order valence-electron chi connectivity index (χ3n) is 12.3. The van der Waals surface area contributed by atoms with Crippen molar-refractivity contribution in [3.8, 4) is 0 Å². The molecule has 1 unspecified atom stereocenters. The molecule has 360 valence electrons. The molecular weight excluding hydrogens is 757 g/mol. The van der Waals surface area contributed by atoms with Crippen molar-refractivity contribution in [2.75, 3.05) is 13.2 Å². The number of carbonyl (C=O) groups excluding carboxylic acids is 3. The molecule has 0 aliphatic rings. The first-order valence-corrected chi connectivity index (χ1v) is 27.2. The average Bonchev–Trinajstić information content (AvgIpc) is 3.26. The van der Waals surface area contributed by atoms with Crippen LogP contribution in [0.25, 0.3) is 0 Å². The van der Waals surface area contributed by atoms with Crippen molar-refractivity contribution in [1.29, 1.82) is 0 Å². The summed E-state index contributed by atoms with van der Waals surface area (Å²) >= 11 is 0. The Morgan fingerprint density at radius 2 is 0.541 bits per heavy atom. The lowest BCUT2D eigenvalue weighted by Gasteiger charge is -2.18. The van der Waals surface area contributed by atoms with E-state index in [1.54, 1.807) is 0 Å². The van der Waals surface area contributed by atoms with Crippen LogP contribution in [0.15, 0.2) is 12.2 Å². The molecular formula is C55H104O6. The SMILES string of the molecule is CCCCCC/C=C\CCCCCCCC(=O)OC(COC(=O)CCCCCCCCCCCCCC)COC(=O)CCCCCCCCCCCCCCCCCCCC. The maximum absolute atomic E-state index is 12.8. The van der Waals surface area contributed by atoms with Crippen molar-refractivity contribution < 1.29 is 28.6 Å². The molecule has 0 aliphatic heterocycles. The van der Waals surface area contributed by atoms with Crippen molar-refractivity contribution in [1.82, 2.24) is 0 Å². The number of unbranched alkanes of at least 4 members (excludes halogenated alkanes) is 37. The Kier molecular flexibility index (Phi) is 49.3. The van der Waals surface area contributed by atoms with Gasteiger partial charge in [-0.15, -0.1) is 0 Å². The number of allylic oxidation sites excluding steroid dienone is 2. The highest BCUT2D eigenvalue weighted by Gasteiger charge is 2.19. The van der Waals surface area contributed by atoms with E-state index in [0.29, 0.717) is 19.3 Å². The number of esters is 3. The van der Waals surface area contributed by atoms with Gasteiger partial charge in [-0.1, -0.05) is 251 Å². The molecule has 0 radical (unpaired) electrons. The average molecular weight is 861 g/mol. The van der Waals surface area contributed by atoms with E-state index in [4.69, 9.17) is 14.2 Å². The maximum atomic E-state index is 12.8.